The number of carbonyl (C=O) groups is 1. The van der Waals surface area contributed by atoms with Gasteiger partial charge in [0.05, 0.1) is 6.04 Å². The van der Waals surface area contributed by atoms with Crippen LogP contribution in [-0.4, -0.2) is 15.9 Å². The molecular weight excluding hydrogens is 190 g/mol. The van der Waals surface area contributed by atoms with Gasteiger partial charge in [0.25, 0.3) is 0 Å². The van der Waals surface area contributed by atoms with Crippen molar-refractivity contribution in [2.45, 2.75) is 32.2 Å². The minimum atomic E-state index is -0.0507. The van der Waals surface area contributed by atoms with Crippen LogP contribution >= 0.6 is 0 Å². The zero-order chi connectivity index (χ0) is 11.1. The lowest BCUT2D eigenvalue weighted by Gasteiger charge is -2.13. The maximum Gasteiger partial charge on any atom is 0.221 e. The first kappa shape index (κ1) is 11.3. The molecule has 1 heterocycles. The quantitative estimate of drug-likeness (QED) is 0.714. The lowest BCUT2D eigenvalue weighted by molar-refractivity contribution is -0.121. The Morgan fingerprint density at radius 1 is 1.80 bits per heavy atom. The van der Waals surface area contributed by atoms with Crippen LogP contribution in [0.15, 0.2) is 12.4 Å². The van der Waals surface area contributed by atoms with Crippen molar-refractivity contribution in [1.82, 2.24) is 15.3 Å². The van der Waals surface area contributed by atoms with Crippen LogP contribution in [-0.2, 0) is 4.79 Å². The third-order valence-corrected chi connectivity index (χ3v) is 2.09. The maximum atomic E-state index is 11.4. The van der Waals surface area contributed by atoms with Crippen LogP contribution in [0.1, 0.15) is 38.1 Å². The van der Waals surface area contributed by atoms with E-state index in [4.69, 9.17) is 6.42 Å². The Morgan fingerprint density at radius 2 is 2.60 bits per heavy atom. The van der Waals surface area contributed by atoms with E-state index in [1.54, 1.807) is 12.4 Å². The summed E-state index contributed by atoms with van der Waals surface area (Å²) in [4.78, 5) is 18.5. The monoisotopic (exact) mass is 205 g/mol. The predicted molar refractivity (Wildman–Crippen MR) is 57.8 cm³/mol. The number of H-pyrrole nitrogens is 1. The molecule has 0 saturated heterocycles. The first-order valence-corrected chi connectivity index (χ1v) is 5.00. The molecule has 4 nitrogen and oxygen atoms in total. The van der Waals surface area contributed by atoms with Crippen LogP contribution in [0.2, 0.25) is 0 Å². The normalized spacial score (nSPS) is 11.7. The Labute approximate surface area is 89.5 Å². The molecule has 1 aromatic heterocycles. The molecule has 15 heavy (non-hydrogen) atoms. The Hall–Kier alpha value is -1.76. The summed E-state index contributed by atoms with van der Waals surface area (Å²) in [6.07, 6.45) is 10.1. The standard InChI is InChI=1S/C11H15N3O/c1-3-5-6-10(15)14-9(4-2)11-12-7-8-13-11/h1,7-9H,4-6H2,2H3,(H,12,13)(H,14,15). The summed E-state index contributed by atoms with van der Waals surface area (Å²) in [5.41, 5.74) is 0. The van der Waals surface area contributed by atoms with Gasteiger partial charge in [-0.2, -0.15) is 0 Å². The van der Waals surface area contributed by atoms with Gasteiger partial charge < -0.3 is 10.3 Å². The number of nitrogens with zero attached hydrogens (tertiary/aromatic N) is 1. The number of nitrogens with one attached hydrogen (secondary N) is 2. The first-order chi connectivity index (χ1) is 7.27. The van der Waals surface area contributed by atoms with Gasteiger partial charge >= 0.3 is 0 Å². The van der Waals surface area contributed by atoms with Gasteiger partial charge in [0.15, 0.2) is 0 Å². The molecule has 1 atom stereocenters. The summed E-state index contributed by atoms with van der Waals surface area (Å²) < 4.78 is 0. The Morgan fingerprint density at radius 3 is 3.13 bits per heavy atom. The highest BCUT2D eigenvalue weighted by atomic mass is 16.1. The molecule has 1 rings (SSSR count). The van der Waals surface area contributed by atoms with Crippen LogP contribution in [0.4, 0.5) is 0 Å². The lowest BCUT2D eigenvalue weighted by Crippen LogP contribution is -2.28. The minimum Gasteiger partial charge on any atom is -0.347 e. The molecule has 0 aliphatic rings. The second kappa shape index (κ2) is 5.86. The van der Waals surface area contributed by atoms with Crippen molar-refractivity contribution < 1.29 is 4.79 Å². The molecule has 2 N–H and O–H groups in total. The highest BCUT2D eigenvalue weighted by Crippen LogP contribution is 2.11. The minimum absolute atomic E-state index is 0.0313. The fourth-order valence-corrected chi connectivity index (χ4v) is 1.28. The average Bonchev–Trinajstić information content (AvgIpc) is 2.76. The van der Waals surface area contributed by atoms with E-state index in [2.05, 4.69) is 21.2 Å². The topological polar surface area (TPSA) is 57.8 Å². The highest BCUT2D eigenvalue weighted by molar-refractivity contribution is 5.76. The number of terminal acetylenes is 1. The van der Waals surface area contributed by atoms with Gasteiger partial charge in [0.1, 0.15) is 5.82 Å². The molecule has 1 amide bonds. The number of carbonyl (C=O) groups excluding carboxylic acids is 1. The van der Waals surface area contributed by atoms with Gasteiger partial charge in [-0.1, -0.05) is 6.92 Å². The second-order valence-corrected chi connectivity index (χ2v) is 3.21. The van der Waals surface area contributed by atoms with Gasteiger partial charge in [-0.05, 0) is 6.42 Å². The van der Waals surface area contributed by atoms with Crippen LogP contribution in [0, 0.1) is 12.3 Å². The van der Waals surface area contributed by atoms with Crippen LogP contribution in [0.25, 0.3) is 0 Å². The molecule has 0 fully saturated rings. The van der Waals surface area contributed by atoms with E-state index in [1.165, 1.54) is 0 Å². The molecule has 4 heteroatoms. The molecule has 80 valence electrons. The fraction of sp³-hybridized carbons (Fsp3) is 0.455. The molecule has 0 aliphatic carbocycles. The first-order valence-electron chi connectivity index (χ1n) is 5.00. The van der Waals surface area contributed by atoms with Crippen LogP contribution in [0.3, 0.4) is 0 Å². The van der Waals surface area contributed by atoms with Crippen molar-refractivity contribution in [2.75, 3.05) is 0 Å². The summed E-state index contributed by atoms with van der Waals surface area (Å²) in [6.45, 7) is 1.99. The summed E-state index contributed by atoms with van der Waals surface area (Å²) in [5.74, 6) is 3.19. The van der Waals surface area contributed by atoms with Crippen molar-refractivity contribution >= 4 is 5.91 Å². The summed E-state index contributed by atoms with van der Waals surface area (Å²) in [6, 6.07) is -0.0507. The number of hydrogen-bond acceptors (Lipinski definition) is 2. The van der Waals surface area contributed by atoms with Crippen molar-refractivity contribution in [3.63, 3.8) is 0 Å². The van der Waals surface area contributed by atoms with E-state index < -0.39 is 0 Å². The highest BCUT2D eigenvalue weighted by Gasteiger charge is 2.13. The summed E-state index contributed by atoms with van der Waals surface area (Å²) >= 11 is 0. The lowest BCUT2D eigenvalue weighted by atomic mass is 10.2. The van der Waals surface area contributed by atoms with E-state index in [0.717, 1.165) is 12.2 Å². The number of hydrogen-bond donors (Lipinski definition) is 2. The fourth-order valence-electron chi connectivity index (χ4n) is 1.28. The number of aromatic amines is 1. The van der Waals surface area contributed by atoms with Gasteiger partial charge in [-0.15, -0.1) is 12.3 Å². The molecular formula is C11H15N3O. The van der Waals surface area contributed by atoms with E-state index in [1.807, 2.05) is 6.92 Å². The zero-order valence-electron chi connectivity index (χ0n) is 8.79. The molecule has 0 spiro atoms. The number of rotatable bonds is 5. The Kier molecular flexibility index (Phi) is 4.42. The largest absolute Gasteiger partial charge is 0.347 e. The maximum absolute atomic E-state index is 11.4. The molecule has 0 radical (unpaired) electrons. The van der Waals surface area contributed by atoms with Crippen molar-refractivity contribution in [3.05, 3.63) is 18.2 Å². The van der Waals surface area contributed by atoms with E-state index >= 15 is 0 Å². The van der Waals surface area contributed by atoms with Crippen molar-refractivity contribution in [2.24, 2.45) is 0 Å². The third-order valence-electron chi connectivity index (χ3n) is 2.09. The van der Waals surface area contributed by atoms with Crippen molar-refractivity contribution in [3.8, 4) is 12.3 Å². The van der Waals surface area contributed by atoms with E-state index in [0.29, 0.717) is 12.8 Å². The second-order valence-electron chi connectivity index (χ2n) is 3.21. The molecule has 1 aromatic rings. The smallest absolute Gasteiger partial charge is 0.221 e. The molecule has 1 unspecified atom stereocenters. The Bertz CT molecular complexity index is 337. The zero-order valence-corrected chi connectivity index (χ0v) is 8.79. The van der Waals surface area contributed by atoms with Crippen LogP contribution in [0.5, 0.6) is 0 Å². The van der Waals surface area contributed by atoms with Crippen molar-refractivity contribution in [1.29, 1.82) is 0 Å². The molecule has 0 aliphatic heterocycles. The molecule has 0 saturated carbocycles. The van der Waals surface area contributed by atoms with Crippen LogP contribution < -0.4 is 5.32 Å². The van der Waals surface area contributed by atoms with Gasteiger partial charge in [0.2, 0.25) is 5.91 Å². The summed E-state index contributed by atoms with van der Waals surface area (Å²) in [7, 11) is 0. The molecule has 0 bridgehead atoms. The number of aromatic nitrogens is 2. The average molecular weight is 205 g/mol. The van der Waals surface area contributed by atoms with Gasteiger partial charge in [-0.3, -0.25) is 4.79 Å². The van der Waals surface area contributed by atoms with Gasteiger partial charge in [-0.25, -0.2) is 4.98 Å². The van der Waals surface area contributed by atoms with Gasteiger partial charge in [0, 0.05) is 25.2 Å². The van der Waals surface area contributed by atoms with E-state index in [9.17, 15) is 4.79 Å². The summed E-state index contributed by atoms with van der Waals surface area (Å²) in [5, 5.41) is 2.88. The SMILES string of the molecule is C#CCCC(=O)NC(CC)c1ncc[nH]1. The number of imidazole rings is 1. The number of amides is 1. The molecule has 0 aromatic carbocycles. The predicted octanol–water partition coefficient (Wildman–Crippen LogP) is 1.39. The third kappa shape index (κ3) is 3.47. The Balaban J connectivity index is 2.48. The van der Waals surface area contributed by atoms with E-state index in [-0.39, 0.29) is 11.9 Å².